The first-order valence-electron chi connectivity index (χ1n) is 7.22. The van der Waals surface area contributed by atoms with Crippen molar-refractivity contribution in [2.45, 2.75) is 45.2 Å². The van der Waals surface area contributed by atoms with E-state index in [0.717, 1.165) is 18.5 Å². The zero-order valence-electron chi connectivity index (χ0n) is 11.5. The number of nitrogens with two attached hydrogens (primary N) is 1. The summed E-state index contributed by atoms with van der Waals surface area (Å²) in [4.78, 5) is 2.66. The molecule has 2 aliphatic rings. The van der Waals surface area contributed by atoms with Gasteiger partial charge in [0.2, 0.25) is 0 Å². The molecule has 2 bridgehead atoms. The van der Waals surface area contributed by atoms with Crippen LogP contribution in [0.3, 0.4) is 0 Å². The van der Waals surface area contributed by atoms with Crippen LogP contribution in [0.15, 0.2) is 18.2 Å². The summed E-state index contributed by atoms with van der Waals surface area (Å²) in [5.74, 6) is 0.940. The highest BCUT2D eigenvalue weighted by molar-refractivity contribution is 5.32. The van der Waals surface area contributed by atoms with Gasteiger partial charge in [0.05, 0.1) is 0 Å². The summed E-state index contributed by atoms with van der Waals surface area (Å²) in [7, 11) is 0. The topological polar surface area (TPSA) is 29.3 Å². The molecule has 0 radical (unpaired) electrons. The van der Waals surface area contributed by atoms with Gasteiger partial charge in [-0.05, 0) is 55.7 Å². The van der Waals surface area contributed by atoms with E-state index in [0.29, 0.717) is 6.04 Å². The summed E-state index contributed by atoms with van der Waals surface area (Å²) in [6.45, 7) is 6.38. The van der Waals surface area contributed by atoms with E-state index in [2.05, 4.69) is 36.9 Å². The van der Waals surface area contributed by atoms with Crippen molar-refractivity contribution in [3.8, 4) is 0 Å². The number of rotatable bonds is 3. The number of aryl methyl sites for hydroxylation is 2. The Hall–Kier alpha value is -0.860. The maximum absolute atomic E-state index is 6.06. The molecule has 3 unspecified atom stereocenters. The smallest absolute Gasteiger partial charge is 0.0473 e. The molecular weight excluding hydrogens is 220 g/mol. The van der Waals surface area contributed by atoms with E-state index in [1.54, 1.807) is 0 Å². The standard InChI is InChI=1S/C16H24N2/c1-11-3-5-14(7-12(11)2)16(9-17)18-10-13-4-6-15(18)8-13/h3,5,7,13,15-16H,4,6,8-10,17H2,1-2H3. The molecule has 2 fully saturated rings. The largest absolute Gasteiger partial charge is 0.329 e. The van der Waals surface area contributed by atoms with Gasteiger partial charge in [-0.15, -0.1) is 0 Å². The number of benzene rings is 1. The Morgan fingerprint density at radius 1 is 1.28 bits per heavy atom. The third kappa shape index (κ3) is 1.98. The second-order valence-corrected chi connectivity index (χ2v) is 6.12. The summed E-state index contributed by atoms with van der Waals surface area (Å²) in [6.07, 6.45) is 4.22. The maximum atomic E-state index is 6.06. The van der Waals surface area contributed by atoms with Crippen molar-refractivity contribution >= 4 is 0 Å². The predicted molar refractivity (Wildman–Crippen MR) is 75.5 cm³/mol. The van der Waals surface area contributed by atoms with Gasteiger partial charge in [0.15, 0.2) is 0 Å². The molecule has 2 nitrogen and oxygen atoms in total. The van der Waals surface area contributed by atoms with Gasteiger partial charge in [0, 0.05) is 25.2 Å². The third-order valence-corrected chi connectivity index (χ3v) is 4.99. The lowest BCUT2D eigenvalue weighted by Crippen LogP contribution is -2.39. The molecule has 2 heteroatoms. The Morgan fingerprint density at radius 3 is 2.67 bits per heavy atom. The van der Waals surface area contributed by atoms with Gasteiger partial charge >= 0.3 is 0 Å². The average Bonchev–Trinajstić information content (AvgIpc) is 2.97. The van der Waals surface area contributed by atoms with Crippen LogP contribution in [-0.4, -0.2) is 24.0 Å². The Kier molecular flexibility index (Phi) is 3.16. The first kappa shape index (κ1) is 12.2. The number of hydrogen-bond acceptors (Lipinski definition) is 2. The van der Waals surface area contributed by atoms with Crippen LogP contribution in [-0.2, 0) is 0 Å². The van der Waals surface area contributed by atoms with Gasteiger partial charge < -0.3 is 5.73 Å². The number of nitrogens with zero attached hydrogens (tertiary/aromatic N) is 1. The molecule has 1 aliphatic carbocycles. The molecule has 98 valence electrons. The van der Waals surface area contributed by atoms with Crippen LogP contribution in [0.2, 0.25) is 0 Å². The Morgan fingerprint density at radius 2 is 2.11 bits per heavy atom. The lowest BCUT2D eigenvalue weighted by Gasteiger charge is -2.34. The molecule has 0 amide bonds. The van der Waals surface area contributed by atoms with Crippen LogP contribution in [0.5, 0.6) is 0 Å². The zero-order chi connectivity index (χ0) is 12.7. The molecule has 1 aromatic rings. The van der Waals surface area contributed by atoms with E-state index in [4.69, 9.17) is 5.73 Å². The SMILES string of the molecule is Cc1ccc(C(CN)N2CC3CCC2C3)cc1C. The van der Waals surface area contributed by atoms with Crippen molar-refractivity contribution in [3.63, 3.8) is 0 Å². The second-order valence-electron chi connectivity index (χ2n) is 6.12. The molecule has 1 saturated heterocycles. The fourth-order valence-corrected chi connectivity index (χ4v) is 3.78. The fourth-order valence-electron chi connectivity index (χ4n) is 3.78. The van der Waals surface area contributed by atoms with Crippen LogP contribution >= 0.6 is 0 Å². The summed E-state index contributed by atoms with van der Waals surface area (Å²) >= 11 is 0. The fraction of sp³-hybridized carbons (Fsp3) is 0.625. The maximum Gasteiger partial charge on any atom is 0.0473 e. The van der Waals surface area contributed by atoms with Crippen molar-refractivity contribution < 1.29 is 0 Å². The third-order valence-electron chi connectivity index (χ3n) is 4.99. The molecule has 0 aromatic heterocycles. The highest BCUT2D eigenvalue weighted by Gasteiger charge is 2.40. The molecule has 3 atom stereocenters. The van der Waals surface area contributed by atoms with Crippen molar-refractivity contribution in [1.29, 1.82) is 0 Å². The van der Waals surface area contributed by atoms with Crippen molar-refractivity contribution in [2.24, 2.45) is 11.7 Å². The van der Waals surface area contributed by atoms with Gasteiger partial charge in [-0.2, -0.15) is 0 Å². The molecule has 1 aliphatic heterocycles. The minimum atomic E-state index is 0.430. The lowest BCUT2D eigenvalue weighted by atomic mass is 9.98. The molecule has 0 spiro atoms. The highest BCUT2D eigenvalue weighted by atomic mass is 15.2. The van der Waals surface area contributed by atoms with Gasteiger partial charge in [0.25, 0.3) is 0 Å². The minimum Gasteiger partial charge on any atom is -0.329 e. The molecular formula is C16H24N2. The summed E-state index contributed by atoms with van der Waals surface area (Å²) in [5, 5.41) is 0. The van der Waals surface area contributed by atoms with Crippen LogP contribution in [0.1, 0.15) is 42.0 Å². The van der Waals surface area contributed by atoms with Crippen LogP contribution < -0.4 is 5.73 Å². The Labute approximate surface area is 110 Å². The van der Waals surface area contributed by atoms with E-state index in [9.17, 15) is 0 Å². The highest BCUT2D eigenvalue weighted by Crippen LogP contribution is 2.41. The predicted octanol–water partition coefficient (Wildman–Crippen LogP) is 2.79. The van der Waals surface area contributed by atoms with Gasteiger partial charge in [-0.1, -0.05) is 18.2 Å². The molecule has 3 rings (SSSR count). The van der Waals surface area contributed by atoms with Gasteiger partial charge in [-0.25, -0.2) is 0 Å². The zero-order valence-corrected chi connectivity index (χ0v) is 11.5. The molecule has 2 N–H and O–H groups in total. The van der Waals surface area contributed by atoms with Crippen LogP contribution in [0.25, 0.3) is 0 Å². The molecule has 18 heavy (non-hydrogen) atoms. The van der Waals surface area contributed by atoms with Crippen molar-refractivity contribution in [2.75, 3.05) is 13.1 Å². The van der Waals surface area contributed by atoms with Crippen LogP contribution in [0.4, 0.5) is 0 Å². The summed E-state index contributed by atoms with van der Waals surface area (Å²) < 4.78 is 0. The lowest BCUT2D eigenvalue weighted by molar-refractivity contribution is 0.153. The summed E-state index contributed by atoms with van der Waals surface area (Å²) in [6, 6.07) is 8.07. The average molecular weight is 244 g/mol. The normalized spacial score (nSPS) is 28.8. The first-order valence-corrected chi connectivity index (χ1v) is 7.22. The second kappa shape index (κ2) is 4.67. The van der Waals surface area contributed by atoms with Gasteiger partial charge in [0.1, 0.15) is 0 Å². The van der Waals surface area contributed by atoms with E-state index in [1.165, 1.54) is 42.5 Å². The van der Waals surface area contributed by atoms with E-state index >= 15 is 0 Å². The van der Waals surface area contributed by atoms with Crippen molar-refractivity contribution in [1.82, 2.24) is 4.90 Å². The first-order chi connectivity index (χ1) is 8.69. The Balaban J connectivity index is 1.85. The quantitative estimate of drug-likeness (QED) is 0.886. The van der Waals surface area contributed by atoms with Crippen LogP contribution in [0, 0.1) is 19.8 Å². The Bertz CT molecular complexity index is 441. The van der Waals surface area contributed by atoms with E-state index < -0.39 is 0 Å². The van der Waals surface area contributed by atoms with E-state index in [1.807, 2.05) is 0 Å². The molecule has 1 aromatic carbocycles. The monoisotopic (exact) mass is 244 g/mol. The molecule has 1 heterocycles. The van der Waals surface area contributed by atoms with Crippen molar-refractivity contribution in [3.05, 3.63) is 34.9 Å². The molecule has 1 saturated carbocycles. The van der Waals surface area contributed by atoms with Gasteiger partial charge in [-0.3, -0.25) is 4.90 Å². The van der Waals surface area contributed by atoms with E-state index in [-0.39, 0.29) is 0 Å². The summed E-state index contributed by atoms with van der Waals surface area (Å²) in [5.41, 5.74) is 10.2. The number of fused-ring (bicyclic) bond motifs is 2. The number of likely N-dealkylation sites (tertiary alicyclic amines) is 1. The number of piperidine rings is 1. The number of hydrogen-bond donors (Lipinski definition) is 1. The minimum absolute atomic E-state index is 0.430.